The molecule has 0 aliphatic heterocycles. The van der Waals surface area contributed by atoms with Crippen LogP contribution in [0.2, 0.25) is 0 Å². The Morgan fingerprint density at radius 2 is 1.92 bits per heavy atom. The van der Waals surface area contributed by atoms with Crippen molar-refractivity contribution >= 4 is 18.2 Å². The van der Waals surface area contributed by atoms with Crippen LogP contribution >= 0.6 is 0 Å². The fraction of sp³-hybridized carbons (Fsp3) is 0. The first-order chi connectivity index (χ1) is 6.40. The minimum Gasteiger partial charge on any atom is -0.277 e. The molecule has 0 spiro atoms. The van der Waals surface area contributed by atoms with E-state index in [4.69, 9.17) is 5.26 Å². The fourth-order valence-corrected chi connectivity index (χ4v) is 1.30. The zero-order chi connectivity index (χ0) is 9.10. The van der Waals surface area contributed by atoms with Gasteiger partial charge in [-0.3, -0.25) is 4.48 Å². The summed E-state index contributed by atoms with van der Waals surface area (Å²) in [6, 6.07) is 10.0. The molecule has 13 heavy (non-hydrogen) atoms. The van der Waals surface area contributed by atoms with Crippen molar-refractivity contribution in [2.75, 3.05) is 0 Å². The average Bonchev–Trinajstić information content (AvgIpc) is 2.18. The van der Waals surface area contributed by atoms with Gasteiger partial charge in [-0.15, -0.1) is 0 Å². The predicted molar refractivity (Wildman–Crippen MR) is 50.9 cm³/mol. The maximum absolute atomic E-state index is 8.47. The van der Waals surface area contributed by atoms with E-state index in [2.05, 4.69) is 0 Å². The number of rotatable bonds is 1. The Kier molecular flexibility index (Phi) is 1.97. The lowest BCUT2D eigenvalue weighted by Gasteiger charge is -1.94. The second-order valence-corrected chi connectivity index (χ2v) is 2.78. The van der Waals surface area contributed by atoms with E-state index >= 15 is 0 Å². The molecule has 1 aromatic heterocycles. The van der Waals surface area contributed by atoms with Crippen LogP contribution in [0.1, 0.15) is 0 Å². The lowest BCUT2D eigenvalue weighted by Crippen LogP contribution is -2.38. The molecule has 3 heteroatoms. The van der Waals surface area contributed by atoms with Gasteiger partial charge in [-0.2, -0.15) is 0 Å². The monoisotopic (exact) mass is 166 g/mol. The lowest BCUT2D eigenvalue weighted by molar-refractivity contribution is -0.525. The summed E-state index contributed by atoms with van der Waals surface area (Å²) < 4.78 is 1.75. The van der Waals surface area contributed by atoms with Gasteiger partial charge in [0.05, 0.1) is 0 Å². The van der Waals surface area contributed by atoms with Gasteiger partial charge in [-0.1, -0.05) is 18.2 Å². The summed E-state index contributed by atoms with van der Waals surface area (Å²) in [6.45, 7) is 0. The van der Waals surface area contributed by atoms with Crippen LogP contribution in [0.4, 0.5) is 0 Å². The zero-order valence-corrected chi connectivity index (χ0v) is 7.01. The van der Waals surface area contributed by atoms with E-state index in [0.717, 1.165) is 5.39 Å². The summed E-state index contributed by atoms with van der Waals surface area (Å²) in [5, 5.41) is 10.8. The maximum atomic E-state index is 8.47. The summed E-state index contributed by atoms with van der Waals surface area (Å²) in [4.78, 5) is 0. The molecule has 0 saturated heterocycles. The van der Waals surface area contributed by atoms with Gasteiger partial charge in [0.25, 0.3) is 0 Å². The average molecular weight is 166 g/mol. The van der Waals surface area contributed by atoms with Crippen molar-refractivity contribution in [3.63, 3.8) is 0 Å². The van der Waals surface area contributed by atoms with Crippen molar-refractivity contribution in [1.29, 1.82) is 5.26 Å². The van der Waals surface area contributed by atoms with Crippen molar-refractivity contribution in [3.05, 3.63) is 42.7 Å². The highest BCUT2D eigenvalue weighted by molar-refractivity contribution is 6.35. The molecule has 0 aliphatic rings. The third-order valence-electron chi connectivity index (χ3n) is 1.92. The molecule has 1 heterocycles. The fourth-order valence-electron chi connectivity index (χ4n) is 1.30. The molecule has 0 N–H and O–H groups in total. The largest absolute Gasteiger partial charge is 0.671 e. The van der Waals surface area contributed by atoms with Crippen LogP contribution in [0.5, 0.6) is 0 Å². The zero-order valence-electron chi connectivity index (χ0n) is 7.01. The topological polar surface area (TPSA) is 27.7 Å². The van der Waals surface area contributed by atoms with Crippen LogP contribution in [0.3, 0.4) is 0 Å². The van der Waals surface area contributed by atoms with Gasteiger partial charge in [0.1, 0.15) is 12.2 Å². The number of fused-ring (bicyclic) bond motifs is 1. The molecule has 2 aromatic rings. The van der Waals surface area contributed by atoms with Crippen molar-refractivity contribution < 1.29 is 4.48 Å². The molecule has 1 radical (unpaired) electrons. The Hall–Kier alpha value is -1.82. The number of aromatic nitrogens is 1. The lowest BCUT2D eigenvalue weighted by atomic mass is 9.97. The van der Waals surface area contributed by atoms with Gasteiger partial charge in [0.2, 0.25) is 0 Å². The summed E-state index contributed by atoms with van der Waals surface area (Å²) in [7, 11) is 1.46. The third kappa shape index (κ3) is 1.52. The Balaban J connectivity index is 2.57. The van der Waals surface area contributed by atoms with E-state index in [1.165, 1.54) is 12.8 Å². The first-order valence-electron chi connectivity index (χ1n) is 4.02. The molecule has 0 bridgehead atoms. The third-order valence-corrected chi connectivity index (χ3v) is 1.92. The number of nitriles is 1. The van der Waals surface area contributed by atoms with Gasteiger partial charge in [-0.05, 0) is 11.5 Å². The molecule has 0 atom stereocenters. The molecule has 2 rings (SSSR count). The molecule has 0 amide bonds. The smallest absolute Gasteiger partial charge is 0.277 e. The second-order valence-electron chi connectivity index (χ2n) is 2.78. The van der Waals surface area contributed by atoms with E-state index in [0.29, 0.717) is 0 Å². The minimum absolute atomic E-state index is 1.14. The van der Waals surface area contributed by atoms with Crippen molar-refractivity contribution in [2.45, 2.75) is 0 Å². The maximum Gasteiger partial charge on any atom is 0.671 e. The number of nitrogens with zero attached hydrogens (tertiary/aromatic N) is 2. The standard InChI is InChI=1S/C10H7BN2/c12-8-11-13-6-5-9-3-1-2-4-10(9)7-13/h1-7H/q+1. The Labute approximate surface area is 77.3 Å². The van der Waals surface area contributed by atoms with Gasteiger partial charge in [-0.25, -0.2) is 5.26 Å². The van der Waals surface area contributed by atoms with E-state index < -0.39 is 0 Å². The molecule has 1 aromatic carbocycles. The van der Waals surface area contributed by atoms with Crippen LogP contribution in [-0.4, -0.2) is 7.41 Å². The highest BCUT2D eigenvalue weighted by Gasteiger charge is 2.05. The Bertz CT molecular complexity index is 474. The molecule has 0 saturated carbocycles. The number of hydrogen-bond acceptors (Lipinski definition) is 1. The SMILES string of the molecule is N#C[B][n+]1ccc2ccccc2c1. The van der Waals surface area contributed by atoms with E-state index in [9.17, 15) is 0 Å². The first kappa shape index (κ1) is 7.81. The highest BCUT2D eigenvalue weighted by atomic mass is 14.8. The molecule has 0 unspecified atom stereocenters. The summed E-state index contributed by atoms with van der Waals surface area (Å²) in [6.07, 6.45) is 3.80. The van der Waals surface area contributed by atoms with Crippen LogP contribution in [0.15, 0.2) is 42.7 Å². The normalized spacial score (nSPS) is 9.46. The van der Waals surface area contributed by atoms with Gasteiger partial charge < -0.3 is 0 Å². The molecular weight excluding hydrogens is 159 g/mol. The number of benzene rings is 1. The Morgan fingerprint density at radius 1 is 1.15 bits per heavy atom. The van der Waals surface area contributed by atoms with Crippen LogP contribution < -0.4 is 4.48 Å². The molecule has 59 valence electrons. The predicted octanol–water partition coefficient (Wildman–Crippen LogP) is 1.08. The molecular formula is C10H7BN2+. The highest BCUT2D eigenvalue weighted by Crippen LogP contribution is 2.08. The van der Waals surface area contributed by atoms with Crippen LogP contribution in [-0.2, 0) is 0 Å². The summed E-state index contributed by atoms with van der Waals surface area (Å²) >= 11 is 0. The second kappa shape index (κ2) is 3.28. The van der Waals surface area contributed by atoms with Crippen LogP contribution in [0, 0.1) is 11.2 Å². The van der Waals surface area contributed by atoms with E-state index in [1.54, 1.807) is 4.48 Å². The minimum atomic E-state index is 1.14. The van der Waals surface area contributed by atoms with Gasteiger partial charge in [0, 0.05) is 11.5 Å². The van der Waals surface area contributed by atoms with Crippen molar-refractivity contribution in [1.82, 2.24) is 0 Å². The van der Waals surface area contributed by atoms with Crippen LogP contribution in [0.25, 0.3) is 10.8 Å². The molecule has 0 fully saturated rings. The molecule has 2 nitrogen and oxygen atoms in total. The number of pyridine rings is 1. The Morgan fingerprint density at radius 3 is 2.69 bits per heavy atom. The van der Waals surface area contributed by atoms with Gasteiger partial charge >= 0.3 is 7.41 Å². The van der Waals surface area contributed by atoms with E-state index in [1.807, 2.05) is 48.7 Å². The van der Waals surface area contributed by atoms with Crippen molar-refractivity contribution in [3.8, 4) is 5.97 Å². The quantitative estimate of drug-likeness (QED) is 0.582. The summed E-state index contributed by atoms with van der Waals surface area (Å²) in [5.74, 6) is 1.99. The van der Waals surface area contributed by atoms with Crippen molar-refractivity contribution in [2.24, 2.45) is 0 Å². The number of hydrogen-bond donors (Lipinski definition) is 0. The van der Waals surface area contributed by atoms with E-state index in [-0.39, 0.29) is 0 Å². The summed E-state index contributed by atoms with van der Waals surface area (Å²) in [5.41, 5.74) is 0. The molecule has 0 aliphatic carbocycles. The first-order valence-corrected chi connectivity index (χ1v) is 4.02. The van der Waals surface area contributed by atoms with Gasteiger partial charge in [0.15, 0.2) is 6.20 Å².